The lowest BCUT2D eigenvalue weighted by Crippen LogP contribution is -1.99. The zero-order valence-electron chi connectivity index (χ0n) is 12.3. The minimum absolute atomic E-state index is 0.654. The number of rotatable bonds is 3. The van der Waals surface area contributed by atoms with Gasteiger partial charge in [0.25, 0.3) is 0 Å². The number of benzene rings is 3. The molecule has 4 aromatic rings. The second-order valence-corrected chi connectivity index (χ2v) is 5.06. The molecule has 0 aliphatic rings. The fourth-order valence-corrected chi connectivity index (χ4v) is 2.41. The number of hydrogen-bond acceptors (Lipinski definition) is 2. The summed E-state index contributed by atoms with van der Waals surface area (Å²) in [6.45, 7) is 0. The van der Waals surface area contributed by atoms with Crippen LogP contribution < -0.4 is 0 Å². The number of aromatic nitrogens is 3. The average molecular weight is 295 g/mol. The molecule has 4 rings (SSSR count). The molecule has 3 heteroatoms. The molecule has 108 valence electrons. The molecule has 0 aliphatic carbocycles. The maximum Gasteiger partial charge on any atom is 0.182 e. The Labute approximate surface area is 134 Å². The summed E-state index contributed by atoms with van der Waals surface area (Å²) in [5, 5.41) is 4.68. The van der Waals surface area contributed by atoms with E-state index in [0.29, 0.717) is 5.82 Å². The zero-order chi connectivity index (χ0) is 15.5. The molecule has 1 aromatic heterocycles. The quantitative estimate of drug-likeness (QED) is 0.567. The van der Waals surface area contributed by atoms with E-state index in [9.17, 15) is 0 Å². The number of nitrogens with zero attached hydrogens (tertiary/aromatic N) is 3. The van der Waals surface area contributed by atoms with E-state index >= 15 is 0 Å². The van der Waals surface area contributed by atoms with Crippen LogP contribution in [0.5, 0.6) is 0 Å². The largest absolute Gasteiger partial charge is 0.213 e. The fraction of sp³-hybridized carbons (Fsp3) is 0. The van der Waals surface area contributed by atoms with Gasteiger partial charge in [-0.05, 0) is 24.3 Å². The van der Waals surface area contributed by atoms with Gasteiger partial charge < -0.3 is 0 Å². The van der Waals surface area contributed by atoms with E-state index in [1.54, 1.807) is 0 Å². The van der Waals surface area contributed by atoms with E-state index in [4.69, 9.17) is 4.98 Å². The van der Waals surface area contributed by atoms with Crippen LogP contribution in [0, 0.1) is 12.1 Å². The van der Waals surface area contributed by atoms with Crippen molar-refractivity contribution in [2.24, 2.45) is 0 Å². The van der Waals surface area contributed by atoms with Gasteiger partial charge in [0.15, 0.2) is 11.6 Å². The summed E-state index contributed by atoms with van der Waals surface area (Å²) in [6.07, 6.45) is 0. The van der Waals surface area contributed by atoms with Crippen LogP contribution in [0.2, 0.25) is 0 Å². The summed E-state index contributed by atoms with van der Waals surface area (Å²) in [6, 6.07) is 31.9. The van der Waals surface area contributed by atoms with Gasteiger partial charge in [-0.25, -0.2) is 9.67 Å². The van der Waals surface area contributed by atoms with Crippen LogP contribution in [0.15, 0.2) is 78.9 Å². The molecule has 0 saturated carbocycles. The molecule has 0 unspecified atom stereocenters. The summed E-state index contributed by atoms with van der Waals surface area (Å²) < 4.78 is 1.85. The Kier molecular flexibility index (Phi) is 3.45. The first-order valence-corrected chi connectivity index (χ1v) is 7.38. The van der Waals surface area contributed by atoms with Crippen LogP contribution in [0.4, 0.5) is 0 Å². The van der Waals surface area contributed by atoms with Gasteiger partial charge in [-0.2, -0.15) is 0 Å². The van der Waals surface area contributed by atoms with Crippen molar-refractivity contribution in [2.75, 3.05) is 0 Å². The summed E-state index contributed by atoms with van der Waals surface area (Å²) in [5.74, 6) is 1.42. The Bertz CT molecular complexity index is 841. The summed E-state index contributed by atoms with van der Waals surface area (Å²) >= 11 is 0. The van der Waals surface area contributed by atoms with Gasteiger partial charge in [0.05, 0.1) is 5.69 Å². The molecule has 0 atom stereocenters. The molecular weight excluding hydrogens is 282 g/mol. The van der Waals surface area contributed by atoms with Crippen LogP contribution in [0.25, 0.3) is 28.5 Å². The first-order valence-electron chi connectivity index (χ1n) is 7.38. The third-order valence-corrected chi connectivity index (χ3v) is 3.51. The Morgan fingerprint density at radius 3 is 2.00 bits per heavy atom. The van der Waals surface area contributed by atoms with Gasteiger partial charge in [-0.1, -0.05) is 66.7 Å². The third-order valence-electron chi connectivity index (χ3n) is 3.51. The van der Waals surface area contributed by atoms with Gasteiger partial charge >= 0.3 is 0 Å². The van der Waals surface area contributed by atoms with Crippen LogP contribution in [-0.4, -0.2) is 14.8 Å². The summed E-state index contributed by atoms with van der Waals surface area (Å²) in [7, 11) is 0. The predicted molar refractivity (Wildman–Crippen MR) is 89.9 cm³/mol. The highest BCUT2D eigenvalue weighted by Crippen LogP contribution is 2.24. The molecule has 23 heavy (non-hydrogen) atoms. The topological polar surface area (TPSA) is 30.7 Å². The van der Waals surface area contributed by atoms with Crippen LogP contribution >= 0.6 is 0 Å². The highest BCUT2D eigenvalue weighted by molar-refractivity contribution is 5.63. The lowest BCUT2D eigenvalue weighted by atomic mass is 10.2. The molecule has 0 amide bonds. The highest BCUT2D eigenvalue weighted by Gasteiger charge is 2.14. The molecule has 0 N–H and O–H groups in total. The SMILES string of the molecule is [c]1ccccc1-c1nc(-c2[c]cccc2)n(-c2ccccc2)n1. The van der Waals surface area contributed by atoms with Crippen molar-refractivity contribution >= 4 is 0 Å². The first-order chi connectivity index (χ1) is 11.4. The van der Waals surface area contributed by atoms with E-state index in [1.807, 2.05) is 83.5 Å². The van der Waals surface area contributed by atoms with E-state index < -0.39 is 0 Å². The van der Waals surface area contributed by atoms with Gasteiger partial charge in [0.1, 0.15) is 0 Å². The Morgan fingerprint density at radius 1 is 0.696 bits per heavy atom. The Hall–Kier alpha value is -3.20. The van der Waals surface area contributed by atoms with Crippen molar-refractivity contribution in [3.8, 4) is 28.5 Å². The van der Waals surface area contributed by atoms with Crippen molar-refractivity contribution in [1.29, 1.82) is 0 Å². The molecule has 0 bridgehead atoms. The van der Waals surface area contributed by atoms with Crippen LogP contribution in [0.3, 0.4) is 0 Å². The van der Waals surface area contributed by atoms with Gasteiger partial charge in [-0.15, -0.1) is 5.10 Å². The summed E-state index contributed by atoms with van der Waals surface area (Å²) in [5.41, 5.74) is 2.75. The van der Waals surface area contributed by atoms with Gasteiger partial charge in [-0.3, -0.25) is 0 Å². The zero-order valence-corrected chi connectivity index (χ0v) is 12.3. The smallest absolute Gasteiger partial charge is 0.182 e. The van der Waals surface area contributed by atoms with E-state index in [2.05, 4.69) is 17.2 Å². The maximum atomic E-state index is 4.72. The Balaban J connectivity index is 1.91. The van der Waals surface area contributed by atoms with Crippen molar-refractivity contribution in [2.45, 2.75) is 0 Å². The van der Waals surface area contributed by atoms with Crippen molar-refractivity contribution in [3.63, 3.8) is 0 Å². The molecule has 3 aromatic carbocycles. The minimum Gasteiger partial charge on any atom is -0.213 e. The fourth-order valence-electron chi connectivity index (χ4n) is 2.41. The molecule has 2 radical (unpaired) electrons. The normalized spacial score (nSPS) is 10.6. The lowest BCUT2D eigenvalue weighted by molar-refractivity contribution is 0.890. The average Bonchev–Trinajstić information content (AvgIpc) is 3.09. The second-order valence-electron chi connectivity index (χ2n) is 5.06. The van der Waals surface area contributed by atoms with Crippen molar-refractivity contribution in [1.82, 2.24) is 14.8 Å². The van der Waals surface area contributed by atoms with Crippen molar-refractivity contribution < 1.29 is 0 Å². The first kappa shape index (κ1) is 13.5. The van der Waals surface area contributed by atoms with E-state index in [-0.39, 0.29) is 0 Å². The van der Waals surface area contributed by atoms with Gasteiger partial charge in [0.2, 0.25) is 0 Å². The molecule has 0 aliphatic heterocycles. The standard InChI is InChI=1S/C20H13N3/c1-4-10-16(11-5-1)19-21-20(17-12-6-2-7-13-17)23(22-19)18-14-8-3-9-15-18/h1-10,12,14-15H. The molecule has 3 nitrogen and oxygen atoms in total. The highest BCUT2D eigenvalue weighted by atomic mass is 15.4. The summed E-state index contributed by atoms with van der Waals surface area (Å²) in [4.78, 5) is 4.72. The molecule has 0 spiro atoms. The molecule has 0 fully saturated rings. The molecular formula is C20H13N3. The maximum absolute atomic E-state index is 4.72. The lowest BCUT2D eigenvalue weighted by Gasteiger charge is -2.04. The third kappa shape index (κ3) is 2.64. The van der Waals surface area contributed by atoms with Crippen LogP contribution in [0.1, 0.15) is 0 Å². The monoisotopic (exact) mass is 295 g/mol. The number of para-hydroxylation sites is 1. The Morgan fingerprint density at radius 2 is 1.35 bits per heavy atom. The predicted octanol–water partition coefficient (Wildman–Crippen LogP) is 4.20. The number of hydrogen-bond donors (Lipinski definition) is 0. The van der Waals surface area contributed by atoms with E-state index in [0.717, 1.165) is 22.6 Å². The van der Waals surface area contributed by atoms with Gasteiger partial charge in [0, 0.05) is 11.1 Å². The molecule has 1 heterocycles. The minimum atomic E-state index is 0.654. The van der Waals surface area contributed by atoms with Crippen molar-refractivity contribution in [3.05, 3.63) is 91.0 Å². The van der Waals surface area contributed by atoms with Crippen LogP contribution in [-0.2, 0) is 0 Å². The second kappa shape index (κ2) is 5.89. The molecule has 0 saturated heterocycles. The van der Waals surface area contributed by atoms with E-state index in [1.165, 1.54) is 0 Å².